The molecule has 0 bridgehead atoms. The summed E-state index contributed by atoms with van der Waals surface area (Å²) in [5, 5.41) is 2.99. The second-order valence-corrected chi connectivity index (χ2v) is 7.95. The van der Waals surface area contributed by atoms with Crippen LogP contribution in [0.3, 0.4) is 0 Å². The van der Waals surface area contributed by atoms with Crippen LogP contribution in [0, 0.1) is 6.92 Å². The Morgan fingerprint density at radius 3 is 2.88 bits per heavy atom. The van der Waals surface area contributed by atoms with Gasteiger partial charge in [0.15, 0.2) is 5.78 Å². The first-order valence-electron chi connectivity index (χ1n) is 9.29. The maximum absolute atomic E-state index is 12.6. The van der Waals surface area contributed by atoms with E-state index >= 15 is 0 Å². The number of nitrogens with zero attached hydrogens (tertiary/aromatic N) is 1. The van der Waals surface area contributed by atoms with Crippen molar-refractivity contribution < 1.29 is 14.3 Å². The lowest BCUT2D eigenvalue weighted by molar-refractivity contribution is -0.133. The van der Waals surface area contributed by atoms with Crippen molar-refractivity contribution in [2.24, 2.45) is 0 Å². The van der Waals surface area contributed by atoms with Gasteiger partial charge >= 0.3 is 0 Å². The van der Waals surface area contributed by atoms with E-state index in [1.807, 2.05) is 12.1 Å². The van der Waals surface area contributed by atoms with Gasteiger partial charge in [-0.05, 0) is 45.3 Å². The molecule has 1 amide bonds. The predicted octanol–water partition coefficient (Wildman–Crippen LogP) is 1.96. The molecule has 1 aromatic carbocycles. The molecule has 134 valence electrons. The van der Waals surface area contributed by atoms with E-state index in [1.54, 1.807) is 0 Å². The van der Waals surface area contributed by atoms with Crippen LogP contribution in [-0.2, 0) is 15.0 Å². The number of carbonyl (C=O) groups excluding carboxylic acids is 2. The fourth-order valence-electron chi connectivity index (χ4n) is 4.55. The molecular weight excluding hydrogens is 316 g/mol. The van der Waals surface area contributed by atoms with Gasteiger partial charge in [-0.25, -0.2) is 0 Å². The molecule has 0 spiro atoms. The summed E-state index contributed by atoms with van der Waals surface area (Å²) in [6.45, 7) is 6.54. The van der Waals surface area contributed by atoms with E-state index in [4.69, 9.17) is 4.74 Å². The Morgan fingerprint density at radius 2 is 2.12 bits per heavy atom. The van der Waals surface area contributed by atoms with Crippen molar-refractivity contribution in [3.05, 3.63) is 29.3 Å². The number of likely N-dealkylation sites (tertiary alicyclic amines) is 1. The van der Waals surface area contributed by atoms with Gasteiger partial charge in [-0.1, -0.05) is 24.6 Å². The number of ether oxygens (including phenoxy) is 1. The molecule has 0 aromatic heterocycles. The highest BCUT2D eigenvalue weighted by atomic mass is 16.5. The van der Waals surface area contributed by atoms with Crippen LogP contribution in [-0.4, -0.2) is 48.4 Å². The van der Waals surface area contributed by atoms with Crippen molar-refractivity contribution in [2.45, 2.75) is 57.1 Å². The number of Topliss-reactive ketones (excluding diaryl/α,β-unsaturated/α-hetero) is 1. The van der Waals surface area contributed by atoms with Crippen molar-refractivity contribution in [3.8, 4) is 5.75 Å². The molecule has 5 nitrogen and oxygen atoms in total. The molecule has 5 heteroatoms. The van der Waals surface area contributed by atoms with E-state index in [0.29, 0.717) is 13.0 Å². The van der Waals surface area contributed by atoms with Crippen LogP contribution in [0.4, 0.5) is 0 Å². The first kappa shape index (κ1) is 16.6. The van der Waals surface area contributed by atoms with E-state index in [0.717, 1.165) is 38.1 Å². The Kier molecular flexibility index (Phi) is 4.07. The van der Waals surface area contributed by atoms with Gasteiger partial charge in [-0.15, -0.1) is 0 Å². The number of carbonyl (C=O) groups is 2. The van der Waals surface area contributed by atoms with Crippen LogP contribution >= 0.6 is 0 Å². The number of ketones is 1. The van der Waals surface area contributed by atoms with Gasteiger partial charge < -0.3 is 10.1 Å². The van der Waals surface area contributed by atoms with Gasteiger partial charge in [0.05, 0.1) is 6.54 Å². The Morgan fingerprint density at radius 1 is 1.36 bits per heavy atom. The van der Waals surface area contributed by atoms with Crippen LogP contribution in [0.5, 0.6) is 5.75 Å². The van der Waals surface area contributed by atoms with Crippen molar-refractivity contribution in [2.75, 3.05) is 19.6 Å². The van der Waals surface area contributed by atoms with Crippen molar-refractivity contribution in [1.82, 2.24) is 10.2 Å². The van der Waals surface area contributed by atoms with Gasteiger partial charge in [0.2, 0.25) is 5.91 Å². The number of hydrogen-bond acceptors (Lipinski definition) is 4. The molecule has 1 aromatic rings. The highest BCUT2D eigenvalue weighted by Crippen LogP contribution is 2.49. The van der Waals surface area contributed by atoms with Crippen LogP contribution < -0.4 is 10.1 Å². The van der Waals surface area contributed by atoms with E-state index < -0.39 is 6.04 Å². The molecule has 0 unspecified atom stereocenters. The average Bonchev–Trinajstić information content (AvgIpc) is 3.17. The van der Waals surface area contributed by atoms with Crippen LogP contribution in [0.1, 0.15) is 43.7 Å². The van der Waals surface area contributed by atoms with E-state index in [-0.39, 0.29) is 23.2 Å². The molecule has 25 heavy (non-hydrogen) atoms. The zero-order valence-corrected chi connectivity index (χ0v) is 15.0. The van der Waals surface area contributed by atoms with E-state index in [1.165, 1.54) is 11.1 Å². The molecule has 3 aliphatic rings. The number of fused-ring (bicyclic) bond motifs is 3. The summed E-state index contributed by atoms with van der Waals surface area (Å²) in [7, 11) is 0. The molecular formula is C20H26N2O3. The third-order valence-electron chi connectivity index (χ3n) is 6.06. The van der Waals surface area contributed by atoms with Gasteiger partial charge in [-0.2, -0.15) is 0 Å². The minimum absolute atomic E-state index is 0.0692. The zero-order valence-electron chi connectivity index (χ0n) is 15.0. The summed E-state index contributed by atoms with van der Waals surface area (Å²) in [6, 6.07) is 5.62. The fourth-order valence-corrected chi connectivity index (χ4v) is 4.55. The Bertz CT molecular complexity index is 711. The van der Waals surface area contributed by atoms with Crippen LogP contribution in [0.25, 0.3) is 0 Å². The summed E-state index contributed by atoms with van der Waals surface area (Å²) in [5.41, 5.74) is 2.14. The molecule has 3 atom stereocenters. The summed E-state index contributed by atoms with van der Waals surface area (Å²) in [4.78, 5) is 27.2. The highest BCUT2D eigenvalue weighted by Gasteiger charge is 2.54. The summed E-state index contributed by atoms with van der Waals surface area (Å²) < 4.78 is 6.17. The summed E-state index contributed by atoms with van der Waals surface area (Å²) in [6.07, 6.45) is 3.24. The number of benzene rings is 1. The molecule has 1 saturated carbocycles. The van der Waals surface area contributed by atoms with Gasteiger partial charge in [0.25, 0.3) is 0 Å². The predicted molar refractivity (Wildman–Crippen MR) is 94.8 cm³/mol. The standard InChI is InChI=1S/C20H26N2O3/c1-13-5-6-16-14(11-13)20(2)8-7-15(23)18(19(20)25-16)21-17(24)12-22-9-3-4-10-22/h5-6,11,18-19H,3-4,7-10,12H2,1-2H3,(H,21,24)/t18-,19-,20-/m1/s1. The molecule has 2 aliphatic heterocycles. The smallest absolute Gasteiger partial charge is 0.234 e. The second-order valence-electron chi connectivity index (χ2n) is 7.95. The molecule has 1 aliphatic carbocycles. The van der Waals surface area contributed by atoms with Crippen LogP contribution in [0.2, 0.25) is 0 Å². The first-order chi connectivity index (χ1) is 12.0. The lowest BCUT2D eigenvalue weighted by Crippen LogP contribution is -2.60. The Hall–Kier alpha value is -1.88. The van der Waals surface area contributed by atoms with E-state index in [2.05, 4.69) is 30.1 Å². The van der Waals surface area contributed by atoms with Gasteiger partial charge in [-0.3, -0.25) is 14.5 Å². The van der Waals surface area contributed by atoms with E-state index in [9.17, 15) is 9.59 Å². The molecule has 0 radical (unpaired) electrons. The number of hydrogen-bond donors (Lipinski definition) is 1. The minimum Gasteiger partial charge on any atom is -0.487 e. The summed E-state index contributed by atoms with van der Waals surface area (Å²) >= 11 is 0. The number of rotatable bonds is 3. The molecule has 4 rings (SSSR count). The van der Waals surface area contributed by atoms with Gasteiger partial charge in [0.1, 0.15) is 17.9 Å². The quantitative estimate of drug-likeness (QED) is 0.912. The number of amides is 1. The number of aryl methyl sites for hydroxylation is 1. The largest absolute Gasteiger partial charge is 0.487 e. The second kappa shape index (κ2) is 6.13. The Labute approximate surface area is 148 Å². The molecule has 1 saturated heterocycles. The third-order valence-corrected chi connectivity index (χ3v) is 6.06. The maximum atomic E-state index is 12.6. The number of nitrogens with one attached hydrogen (secondary N) is 1. The topological polar surface area (TPSA) is 58.6 Å². The SMILES string of the molecule is Cc1ccc2c(c1)[C@@]1(C)CCC(=O)[C@@H](NC(=O)CN3CCCC3)[C@H]1O2. The lowest BCUT2D eigenvalue weighted by Gasteiger charge is -2.39. The Balaban J connectivity index is 1.54. The van der Waals surface area contributed by atoms with Crippen molar-refractivity contribution >= 4 is 11.7 Å². The molecule has 1 N–H and O–H groups in total. The normalized spacial score (nSPS) is 31.4. The maximum Gasteiger partial charge on any atom is 0.234 e. The fraction of sp³-hybridized carbons (Fsp3) is 0.600. The highest BCUT2D eigenvalue weighted by molar-refractivity contribution is 5.91. The lowest BCUT2D eigenvalue weighted by atomic mass is 9.67. The zero-order chi connectivity index (χ0) is 17.6. The van der Waals surface area contributed by atoms with Crippen molar-refractivity contribution in [3.63, 3.8) is 0 Å². The van der Waals surface area contributed by atoms with Crippen molar-refractivity contribution in [1.29, 1.82) is 0 Å². The molecule has 2 fully saturated rings. The minimum atomic E-state index is -0.554. The average molecular weight is 342 g/mol. The summed E-state index contributed by atoms with van der Waals surface area (Å²) in [5.74, 6) is 0.869. The monoisotopic (exact) mass is 342 g/mol. The van der Waals surface area contributed by atoms with Gasteiger partial charge in [0, 0.05) is 17.4 Å². The van der Waals surface area contributed by atoms with Crippen LogP contribution in [0.15, 0.2) is 18.2 Å². The first-order valence-corrected chi connectivity index (χ1v) is 9.29. The third kappa shape index (κ3) is 2.84. The molecule has 2 heterocycles.